The summed E-state index contributed by atoms with van der Waals surface area (Å²) in [6.07, 6.45) is 0.687. The Hall–Kier alpha value is -3.43. The monoisotopic (exact) mass is 573 g/mol. The first kappa shape index (κ1) is 30.1. The number of sulfonamides is 1. The van der Waals surface area contributed by atoms with Crippen molar-refractivity contribution < 1.29 is 22.4 Å². The van der Waals surface area contributed by atoms with E-state index in [-0.39, 0.29) is 23.2 Å². The number of benzene rings is 3. The summed E-state index contributed by atoms with van der Waals surface area (Å²) >= 11 is 6.36. The van der Waals surface area contributed by atoms with Gasteiger partial charge in [0.15, 0.2) is 0 Å². The topological polar surface area (TPSA) is 86.8 Å². The molecule has 0 aliphatic heterocycles. The summed E-state index contributed by atoms with van der Waals surface area (Å²) < 4.78 is 43.2. The third-order valence-electron chi connectivity index (χ3n) is 6.48. The number of hydrogen-bond acceptors (Lipinski definition) is 4. The van der Waals surface area contributed by atoms with Crippen molar-refractivity contribution in [1.29, 1.82) is 0 Å². The van der Waals surface area contributed by atoms with Crippen LogP contribution in [-0.2, 0) is 26.2 Å². The van der Waals surface area contributed by atoms with Crippen LogP contribution in [0, 0.1) is 12.7 Å². The van der Waals surface area contributed by atoms with E-state index in [0.717, 1.165) is 15.9 Å². The number of carbonyl (C=O) groups excluding carboxylic acids is 2. The van der Waals surface area contributed by atoms with Crippen LogP contribution in [-0.4, -0.2) is 43.8 Å². The molecule has 7 nitrogen and oxygen atoms in total. The molecule has 10 heteroatoms. The first-order valence-corrected chi connectivity index (χ1v) is 14.4. The predicted octanol–water partition coefficient (Wildman–Crippen LogP) is 5.31. The highest BCUT2D eigenvalue weighted by Crippen LogP contribution is 2.27. The second-order valence-corrected chi connectivity index (χ2v) is 11.7. The van der Waals surface area contributed by atoms with Crippen molar-refractivity contribution in [2.45, 2.75) is 57.6 Å². The molecule has 0 aliphatic carbocycles. The summed E-state index contributed by atoms with van der Waals surface area (Å²) in [5.74, 6) is -1.90. The van der Waals surface area contributed by atoms with E-state index in [9.17, 15) is 22.4 Å². The fourth-order valence-corrected chi connectivity index (χ4v) is 5.48. The van der Waals surface area contributed by atoms with Crippen LogP contribution in [0.5, 0.6) is 0 Å². The van der Waals surface area contributed by atoms with Gasteiger partial charge in [0.05, 0.1) is 10.6 Å². The average molecular weight is 574 g/mol. The Morgan fingerprint density at radius 3 is 2.21 bits per heavy atom. The molecule has 208 valence electrons. The van der Waals surface area contributed by atoms with E-state index < -0.39 is 40.2 Å². The van der Waals surface area contributed by atoms with Gasteiger partial charge in [-0.15, -0.1) is 0 Å². The molecule has 39 heavy (non-hydrogen) atoms. The van der Waals surface area contributed by atoms with Gasteiger partial charge in [-0.1, -0.05) is 66.6 Å². The molecular formula is C29H33ClFN3O4S. The number of amides is 2. The minimum Gasteiger partial charge on any atom is -0.352 e. The van der Waals surface area contributed by atoms with Crippen molar-refractivity contribution in [3.05, 3.63) is 94.8 Å². The van der Waals surface area contributed by atoms with Gasteiger partial charge in [-0.2, -0.15) is 0 Å². The van der Waals surface area contributed by atoms with Crippen LogP contribution >= 0.6 is 11.6 Å². The van der Waals surface area contributed by atoms with Gasteiger partial charge < -0.3 is 10.2 Å². The molecule has 0 saturated carbocycles. The van der Waals surface area contributed by atoms with Gasteiger partial charge in [0, 0.05) is 17.6 Å². The fourth-order valence-electron chi connectivity index (χ4n) is 3.86. The average Bonchev–Trinajstić information content (AvgIpc) is 2.91. The Kier molecular flexibility index (Phi) is 10.1. The van der Waals surface area contributed by atoms with Gasteiger partial charge in [0.2, 0.25) is 11.8 Å². The van der Waals surface area contributed by atoms with E-state index in [1.54, 1.807) is 43.3 Å². The van der Waals surface area contributed by atoms with Crippen molar-refractivity contribution in [2.24, 2.45) is 0 Å². The van der Waals surface area contributed by atoms with Gasteiger partial charge in [-0.25, -0.2) is 12.8 Å². The molecular weight excluding hydrogens is 541 g/mol. The zero-order chi connectivity index (χ0) is 28.7. The lowest BCUT2D eigenvalue weighted by Crippen LogP contribution is -2.52. The molecule has 3 rings (SSSR count). The van der Waals surface area contributed by atoms with Gasteiger partial charge in [-0.3, -0.25) is 13.9 Å². The third kappa shape index (κ3) is 7.36. The van der Waals surface area contributed by atoms with Crippen molar-refractivity contribution in [3.8, 4) is 0 Å². The number of rotatable bonds is 11. The lowest BCUT2D eigenvalue weighted by Gasteiger charge is -2.32. The molecule has 2 atom stereocenters. The molecule has 0 spiro atoms. The summed E-state index contributed by atoms with van der Waals surface area (Å²) in [5, 5.41) is 3.25. The van der Waals surface area contributed by atoms with Crippen LogP contribution in [0.4, 0.5) is 10.1 Å². The number of hydrogen-bond donors (Lipinski definition) is 1. The number of aryl methyl sites for hydroxylation is 1. The van der Waals surface area contributed by atoms with Crippen LogP contribution in [0.1, 0.15) is 38.3 Å². The Balaban J connectivity index is 2.05. The van der Waals surface area contributed by atoms with Crippen molar-refractivity contribution >= 4 is 39.1 Å². The number of carbonyl (C=O) groups is 2. The Labute approximate surface area is 234 Å². The van der Waals surface area contributed by atoms with E-state index in [4.69, 9.17) is 11.6 Å². The number of halogens is 2. The van der Waals surface area contributed by atoms with Gasteiger partial charge >= 0.3 is 0 Å². The first-order chi connectivity index (χ1) is 18.4. The van der Waals surface area contributed by atoms with Gasteiger partial charge in [0.1, 0.15) is 18.4 Å². The quantitative estimate of drug-likeness (QED) is 0.337. The third-order valence-corrected chi connectivity index (χ3v) is 8.62. The highest BCUT2D eigenvalue weighted by atomic mass is 35.5. The molecule has 0 radical (unpaired) electrons. The number of anilines is 1. The van der Waals surface area contributed by atoms with Crippen LogP contribution in [0.15, 0.2) is 77.7 Å². The maximum absolute atomic E-state index is 15.0. The molecule has 0 bridgehead atoms. The molecule has 0 fully saturated rings. The molecule has 0 unspecified atom stereocenters. The summed E-state index contributed by atoms with van der Waals surface area (Å²) in [7, 11) is -4.35. The minimum atomic E-state index is -4.35. The summed E-state index contributed by atoms with van der Waals surface area (Å²) in [5.41, 5.74) is 1.14. The highest BCUT2D eigenvalue weighted by molar-refractivity contribution is 7.92. The molecule has 1 N–H and O–H groups in total. The maximum atomic E-state index is 15.0. The Morgan fingerprint density at radius 2 is 1.59 bits per heavy atom. The van der Waals surface area contributed by atoms with Crippen LogP contribution in [0.25, 0.3) is 0 Å². The first-order valence-electron chi connectivity index (χ1n) is 12.6. The van der Waals surface area contributed by atoms with Gasteiger partial charge in [-0.05, 0) is 63.1 Å². The molecule has 0 saturated heterocycles. The minimum absolute atomic E-state index is 0.0523. The van der Waals surface area contributed by atoms with E-state index in [0.29, 0.717) is 17.0 Å². The second kappa shape index (κ2) is 13.1. The van der Waals surface area contributed by atoms with Gasteiger partial charge in [0.25, 0.3) is 10.0 Å². The smallest absolute Gasteiger partial charge is 0.264 e. The standard InChI is InChI=1S/C29H33ClFN3O4S/c1-5-21(3)32-29(36)22(4)33(18-23-10-6-7-11-25(23)30)28(35)19-34(27-13-9-8-12-26(27)31)39(37,38)24-16-14-20(2)15-17-24/h6-17,21-22H,5,18-19H2,1-4H3,(H,32,36)/t21-,22-/m0/s1. The maximum Gasteiger partial charge on any atom is 0.264 e. The number of para-hydroxylation sites is 1. The predicted molar refractivity (Wildman–Crippen MR) is 151 cm³/mol. The molecule has 3 aromatic rings. The molecule has 2 amide bonds. The number of nitrogens with one attached hydrogen (secondary N) is 1. The van der Waals surface area contributed by atoms with Crippen molar-refractivity contribution in [3.63, 3.8) is 0 Å². The summed E-state index contributed by atoms with van der Waals surface area (Å²) in [6.45, 7) is 6.36. The molecule has 0 aliphatic rings. The van der Waals surface area contributed by atoms with Crippen LogP contribution < -0.4 is 9.62 Å². The zero-order valence-corrected chi connectivity index (χ0v) is 24.0. The second-order valence-electron chi connectivity index (χ2n) is 9.38. The SMILES string of the molecule is CC[C@H](C)NC(=O)[C@H](C)N(Cc1ccccc1Cl)C(=O)CN(c1ccccc1F)S(=O)(=O)c1ccc(C)cc1. The van der Waals surface area contributed by atoms with E-state index >= 15 is 0 Å². The normalized spacial score (nSPS) is 12.9. The van der Waals surface area contributed by atoms with E-state index in [1.807, 2.05) is 20.8 Å². The molecule has 0 aromatic heterocycles. The Bertz CT molecular complexity index is 1420. The summed E-state index contributed by atoms with van der Waals surface area (Å²) in [6, 6.07) is 17.2. The fraction of sp³-hybridized carbons (Fsp3) is 0.310. The number of nitrogens with zero attached hydrogens (tertiary/aromatic N) is 2. The Morgan fingerprint density at radius 1 is 0.974 bits per heavy atom. The molecule has 0 heterocycles. The highest BCUT2D eigenvalue weighted by Gasteiger charge is 2.34. The summed E-state index contributed by atoms with van der Waals surface area (Å²) in [4.78, 5) is 28.1. The van der Waals surface area contributed by atoms with E-state index in [1.165, 1.54) is 35.2 Å². The zero-order valence-electron chi connectivity index (χ0n) is 22.4. The lowest BCUT2D eigenvalue weighted by atomic mass is 10.1. The van der Waals surface area contributed by atoms with Crippen molar-refractivity contribution in [2.75, 3.05) is 10.8 Å². The van der Waals surface area contributed by atoms with Crippen molar-refractivity contribution in [1.82, 2.24) is 10.2 Å². The molecule has 3 aromatic carbocycles. The van der Waals surface area contributed by atoms with Crippen LogP contribution in [0.2, 0.25) is 5.02 Å². The van der Waals surface area contributed by atoms with Crippen LogP contribution in [0.3, 0.4) is 0 Å². The van der Waals surface area contributed by atoms with E-state index in [2.05, 4.69) is 5.32 Å². The largest absolute Gasteiger partial charge is 0.352 e. The lowest BCUT2D eigenvalue weighted by molar-refractivity contribution is -0.139.